The van der Waals surface area contributed by atoms with Gasteiger partial charge < -0.3 is 5.73 Å². The molecule has 0 unspecified atom stereocenters. The fourth-order valence-corrected chi connectivity index (χ4v) is 2.31. The van der Waals surface area contributed by atoms with Crippen LogP contribution in [0.2, 0.25) is 0 Å². The lowest BCUT2D eigenvalue weighted by Crippen LogP contribution is -2.12. The Hall–Kier alpha value is -3.55. The Morgan fingerprint density at radius 3 is 2.46 bits per heavy atom. The van der Waals surface area contributed by atoms with Gasteiger partial charge in [-0.2, -0.15) is 5.10 Å². The molecule has 3 rings (SSSR count). The Bertz CT molecular complexity index is 935. The van der Waals surface area contributed by atoms with E-state index in [1.165, 1.54) is 53.2 Å². The van der Waals surface area contributed by atoms with Crippen LogP contribution in [0.1, 0.15) is 10.5 Å². The van der Waals surface area contributed by atoms with E-state index in [1.54, 1.807) is 6.07 Å². The van der Waals surface area contributed by atoms with Crippen LogP contribution >= 0.6 is 0 Å². The van der Waals surface area contributed by atoms with E-state index in [0.717, 1.165) is 0 Å². The third-order valence-electron chi connectivity index (χ3n) is 3.41. The molecule has 2 N–H and O–H groups in total. The van der Waals surface area contributed by atoms with E-state index in [1.807, 2.05) is 0 Å². The zero-order valence-corrected chi connectivity index (χ0v) is 12.2. The van der Waals surface area contributed by atoms with E-state index in [-0.39, 0.29) is 17.1 Å². The lowest BCUT2D eigenvalue weighted by atomic mass is 10.1. The van der Waals surface area contributed by atoms with Gasteiger partial charge in [-0.3, -0.25) is 14.9 Å². The number of benzene rings is 2. The van der Waals surface area contributed by atoms with E-state index in [4.69, 9.17) is 5.73 Å². The maximum Gasteiger partial charge on any atom is 0.294 e. The Balaban J connectivity index is 2.26. The van der Waals surface area contributed by atoms with Gasteiger partial charge in [0.2, 0.25) is 0 Å². The number of nitrogens with two attached hydrogens (primary N) is 1. The van der Waals surface area contributed by atoms with Crippen molar-refractivity contribution in [1.29, 1.82) is 0 Å². The highest BCUT2D eigenvalue weighted by atomic mass is 19.1. The first kappa shape index (κ1) is 15.3. The Morgan fingerprint density at radius 1 is 1.17 bits per heavy atom. The summed E-state index contributed by atoms with van der Waals surface area (Å²) in [5, 5.41) is 15.3. The molecule has 0 aliphatic heterocycles. The first-order valence-electron chi connectivity index (χ1n) is 6.87. The molecule has 0 atom stereocenters. The van der Waals surface area contributed by atoms with E-state index < -0.39 is 16.6 Å². The molecular formula is C16H11FN4O3. The number of aromatic nitrogens is 2. The second-order valence-corrected chi connectivity index (χ2v) is 4.94. The van der Waals surface area contributed by atoms with Gasteiger partial charge in [0.25, 0.3) is 11.6 Å². The fourth-order valence-electron chi connectivity index (χ4n) is 2.31. The summed E-state index contributed by atoms with van der Waals surface area (Å²) >= 11 is 0. The molecule has 3 aromatic rings. The molecule has 1 aromatic heterocycles. The fraction of sp³-hybridized carbons (Fsp3) is 0. The number of nitro groups is 1. The number of primary amides is 1. The molecule has 0 fully saturated rings. The average Bonchev–Trinajstić information content (AvgIpc) is 3.01. The van der Waals surface area contributed by atoms with E-state index >= 15 is 0 Å². The van der Waals surface area contributed by atoms with Crippen LogP contribution in [0.5, 0.6) is 0 Å². The van der Waals surface area contributed by atoms with Gasteiger partial charge in [0.05, 0.1) is 10.6 Å². The van der Waals surface area contributed by atoms with Crippen molar-refractivity contribution in [2.75, 3.05) is 0 Å². The number of nitro benzene ring substituents is 1. The van der Waals surface area contributed by atoms with Crippen molar-refractivity contribution in [3.8, 4) is 16.9 Å². The normalized spacial score (nSPS) is 10.5. The highest BCUT2D eigenvalue weighted by Crippen LogP contribution is 2.29. The van der Waals surface area contributed by atoms with Crippen LogP contribution in [0, 0.1) is 15.9 Å². The quantitative estimate of drug-likeness (QED) is 0.588. The monoisotopic (exact) mass is 326 g/mol. The van der Waals surface area contributed by atoms with Crippen LogP contribution in [-0.2, 0) is 0 Å². The molecule has 0 bridgehead atoms. The number of para-hydroxylation sites is 2. The molecule has 0 saturated heterocycles. The third kappa shape index (κ3) is 2.72. The van der Waals surface area contributed by atoms with Crippen molar-refractivity contribution < 1.29 is 14.1 Å². The Morgan fingerprint density at radius 2 is 1.83 bits per heavy atom. The molecule has 7 nitrogen and oxygen atoms in total. The predicted molar refractivity (Wildman–Crippen MR) is 84.1 cm³/mol. The summed E-state index contributed by atoms with van der Waals surface area (Å²) in [5.74, 6) is -1.19. The molecule has 8 heteroatoms. The summed E-state index contributed by atoms with van der Waals surface area (Å²) in [5.41, 5.74) is 6.14. The molecule has 1 amide bonds. The average molecular weight is 326 g/mol. The number of amides is 1. The lowest BCUT2D eigenvalue weighted by Gasteiger charge is -2.08. The predicted octanol–water partition coefficient (Wildman–Crippen LogP) is 2.69. The van der Waals surface area contributed by atoms with Crippen LogP contribution < -0.4 is 5.73 Å². The molecule has 0 saturated carbocycles. The number of nitrogens with zero attached hydrogens (tertiary/aromatic N) is 3. The first-order chi connectivity index (χ1) is 11.5. The molecule has 0 radical (unpaired) electrons. The molecule has 120 valence electrons. The van der Waals surface area contributed by atoms with Gasteiger partial charge in [-0.1, -0.05) is 12.1 Å². The summed E-state index contributed by atoms with van der Waals surface area (Å²) in [6.07, 6.45) is 0. The number of hydrogen-bond acceptors (Lipinski definition) is 4. The van der Waals surface area contributed by atoms with Crippen molar-refractivity contribution in [2.45, 2.75) is 0 Å². The van der Waals surface area contributed by atoms with Crippen molar-refractivity contribution in [3.05, 3.63) is 76.2 Å². The number of carbonyl (C=O) groups excluding carboxylic acids is 1. The molecule has 0 aliphatic carbocycles. The second-order valence-electron chi connectivity index (χ2n) is 4.94. The molecule has 0 spiro atoms. The highest BCUT2D eigenvalue weighted by Gasteiger charge is 2.21. The van der Waals surface area contributed by atoms with Crippen LogP contribution in [-0.4, -0.2) is 20.6 Å². The van der Waals surface area contributed by atoms with Crippen LogP contribution in [0.3, 0.4) is 0 Å². The first-order valence-corrected chi connectivity index (χ1v) is 6.87. The van der Waals surface area contributed by atoms with Crippen LogP contribution in [0.15, 0.2) is 54.6 Å². The summed E-state index contributed by atoms with van der Waals surface area (Å²) < 4.78 is 14.4. The molecule has 0 aliphatic rings. The second kappa shape index (κ2) is 5.92. The zero-order chi connectivity index (χ0) is 17.3. The van der Waals surface area contributed by atoms with Crippen LogP contribution in [0.4, 0.5) is 10.1 Å². The topological polar surface area (TPSA) is 104 Å². The van der Waals surface area contributed by atoms with Gasteiger partial charge in [0.1, 0.15) is 11.5 Å². The minimum Gasteiger partial charge on any atom is -0.364 e. The molecule has 2 aromatic carbocycles. The molecular weight excluding hydrogens is 315 g/mol. The number of hydrogen-bond donors (Lipinski definition) is 1. The van der Waals surface area contributed by atoms with Gasteiger partial charge >= 0.3 is 0 Å². The van der Waals surface area contributed by atoms with Crippen molar-refractivity contribution in [1.82, 2.24) is 9.78 Å². The van der Waals surface area contributed by atoms with Gasteiger partial charge in [0, 0.05) is 11.6 Å². The largest absolute Gasteiger partial charge is 0.364 e. The molecule has 24 heavy (non-hydrogen) atoms. The zero-order valence-electron chi connectivity index (χ0n) is 12.2. The third-order valence-corrected chi connectivity index (χ3v) is 3.41. The number of carbonyl (C=O) groups is 1. The van der Waals surface area contributed by atoms with E-state index in [9.17, 15) is 19.3 Å². The summed E-state index contributed by atoms with van der Waals surface area (Å²) in [7, 11) is 0. The van der Waals surface area contributed by atoms with E-state index in [0.29, 0.717) is 11.3 Å². The lowest BCUT2D eigenvalue weighted by molar-refractivity contribution is -0.384. The van der Waals surface area contributed by atoms with Gasteiger partial charge in [-0.05, 0) is 36.4 Å². The van der Waals surface area contributed by atoms with Gasteiger partial charge in [-0.25, -0.2) is 9.07 Å². The van der Waals surface area contributed by atoms with Crippen LogP contribution in [0.25, 0.3) is 16.9 Å². The highest BCUT2D eigenvalue weighted by molar-refractivity contribution is 5.92. The van der Waals surface area contributed by atoms with Crippen molar-refractivity contribution >= 4 is 11.6 Å². The SMILES string of the molecule is NC(=O)c1cc(-c2ccc(F)cc2)n(-c2ccccc2[N+](=O)[O-])n1. The summed E-state index contributed by atoms with van der Waals surface area (Å²) in [4.78, 5) is 22.2. The Kier molecular flexibility index (Phi) is 3.78. The number of halogens is 1. The van der Waals surface area contributed by atoms with Crippen molar-refractivity contribution in [3.63, 3.8) is 0 Å². The van der Waals surface area contributed by atoms with Crippen molar-refractivity contribution in [2.24, 2.45) is 5.73 Å². The molecule has 1 heterocycles. The standard InChI is InChI=1S/C16H11FN4O3/c17-11-7-5-10(6-8-11)15-9-12(16(18)22)19-20(15)13-3-1-2-4-14(13)21(23)24/h1-9H,(H2,18,22). The number of rotatable bonds is 4. The smallest absolute Gasteiger partial charge is 0.294 e. The maximum absolute atomic E-state index is 13.1. The van der Waals surface area contributed by atoms with E-state index in [2.05, 4.69) is 5.10 Å². The summed E-state index contributed by atoms with van der Waals surface area (Å²) in [6, 6.07) is 12.8. The van der Waals surface area contributed by atoms with Gasteiger partial charge in [0.15, 0.2) is 5.69 Å². The maximum atomic E-state index is 13.1. The minimum atomic E-state index is -0.768. The Labute approximate surface area is 135 Å². The summed E-state index contributed by atoms with van der Waals surface area (Å²) in [6.45, 7) is 0. The minimum absolute atomic E-state index is 0.0486. The van der Waals surface area contributed by atoms with Gasteiger partial charge in [-0.15, -0.1) is 0 Å².